The van der Waals surface area contributed by atoms with Crippen LogP contribution in [0, 0.1) is 24.5 Å². The molecule has 1 aliphatic heterocycles. The van der Waals surface area contributed by atoms with Gasteiger partial charge in [0.05, 0.1) is 16.1 Å². The Morgan fingerprint density at radius 1 is 1.18 bits per heavy atom. The molecule has 2 aromatic carbocycles. The van der Waals surface area contributed by atoms with Crippen LogP contribution in [0.5, 0.6) is 0 Å². The van der Waals surface area contributed by atoms with Crippen molar-refractivity contribution in [3.05, 3.63) is 58.2 Å². The minimum Gasteiger partial charge on any atom is -0.478 e. The molecule has 1 amide bonds. The van der Waals surface area contributed by atoms with E-state index in [0.717, 1.165) is 18.3 Å². The Hall–Kier alpha value is -2.62. The molecule has 0 aliphatic carbocycles. The molecule has 180 valence electrons. The fraction of sp³-hybridized carbons (Fsp3) is 0.333. The predicted octanol–water partition coefficient (Wildman–Crippen LogP) is 4.75. The number of aromatic carboxylic acids is 1. The molecule has 1 fully saturated rings. The summed E-state index contributed by atoms with van der Waals surface area (Å²) in [5.74, 6) is -2.62. The van der Waals surface area contributed by atoms with Gasteiger partial charge in [-0.1, -0.05) is 29.4 Å². The molecule has 3 aromatic rings. The number of nitrogens with zero attached hydrogens (tertiary/aromatic N) is 3. The zero-order chi connectivity index (χ0) is 24.7. The first-order valence-electron chi connectivity index (χ1n) is 10.7. The number of rotatable bonds is 7. The lowest BCUT2D eigenvalue weighted by Crippen LogP contribution is -2.53. The average Bonchev–Trinajstić information content (AvgIpc) is 3.00. The molecule has 2 heterocycles. The summed E-state index contributed by atoms with van der Waals surface area (Å²) in [4.78, 5) is 28.7. The van der Waals surface area contributed by atoms with Crippen LogP contribution in [0.15, 0.2) is 40.1 Å². The van der Waals surface area contributed by atoms with Crippen LogP contribution >= 0.6 is 23.4 Å². The molecule has 34 heavy (non-hydrogen) atoms. The van der Waals surface area contributed by atoms with Gasteiger partial charge in [0.15, 0.2) is 11.6 Å². The first-order chi connectivity index (χ1) is 16.1. The van der Waals surface area contributed by atoms with E-state index in [2.05, 4.69) is 4.90 Å². The number of aromatic nitrogens is 1. The second-order valence-electron chi connectivity index (χ2n) is 8.71. The van der Waals surface area contributed by atoms with Gasteiger partial charge in [-0.05, 0) is 45.3 Å². The Morgan fingerprint density at radius 2 is 1.88 bits per heavy atom. The summed E-state index contributed by atoms with van der Waals surface area (Å²) >= 11 is 7.05. The summed E-state index contributed by atoms with van der Waals surface area (Å²) in [6.45, 7) is 3.83. The smallest absolute Gasteiger partial charge is 0.338 e. The second kappa shape index (κ2) is 9.56. The zero-order valence-corrected chi connectivity index (χ0v) is 20.5. The molecule has 1 N–H and O–H groups in total. The quantitative estimate of drug-likeness (QED) is 0.500. The average molecular weight is 508 g/mol. The van der Waals surface area contributed by atoms with Crippen molar-refractivity contribution in [3.8, 4) is 0 Å². The molecule has 1 saturated heterocycles. The maximum Gasteiger partial charge on any atom is 0.338 e. The van der Waals surface area contributed by atoms with Crippen LogP contribution in [0.4, 0.5) is 8.78 Å². The standard InChI is InChI=1S/C24H24ClF2N3O3S/c1-13-23(34-18-6-4-5-15(20(18)26)24(32)33)16-7-8-17(25)21(27)22(16)30(13)12-19(31)29-10-14(11-29)9-28(2)3/h4-8,14H,9-12H2,1-3H3,(H,32,33). The van der Waals surface area contributed by atoms with E-state index in [1.165, 1.54) is 24.3 Å². The molecule has 0 saturated carbocycles. The molecule has 1 aromatic heterocycles. The van der Waals surface area contributed by atoms with E-state index in [1.807, 2.05) is 14.1 Å². The van der Waals surface area contributed by atoms with Gasteiger partial charge in [-0.15, -0.1) is 0 Å². The summed E-state index contributed by atoms with van der Waals surface area (Å²) in [5, 5.41) is 9.64. The van der Waals surface area contributed by atoms with Gasteiger partial charge in [0.1, 0.15) is 6.54 Å². The minimum absolute atomic E-state index is 0.0769. The van der Waals surface area contributed by atoms with Crippen LogP contribution in [0.25, 0.3) is 10.9 Å². The van der Waals surface area contributed by atoms with Crippen LogP contribution in [-0.2, 0) is 11.3 Å². The molecule has 1 aliphatic rings. The third kappa shape index (κ3) is 4.52. The highest BCUT2D eigenvalue weighted by molar-refractivity contribution is 7.99. The number of carbonyl (C=O) groups is 2. The number of hydrogen-bond acceptors (Lipinski definition) is 4. The van der Waals surface area contributed by atoms with Crippen molar-refractivity contribution in [3.63, 3.8) is 0 Å². The van der Waals surface area contributed by atoms with Gasteiger partial charge < -0.3 is 19.5 Å². The minimum atomic E-state index is -1.37. The Kier molecular flexibility index (Phi) is 6.89. The highest BCUT2D eigenvalue weighted by atomic mass is 35.5. The van der Waals surface area contributed by atoms with E-state index in [-0.39, 0.29) is 27.9 Å². The fourth-order valence-corrected chi connectivity index (χ4v) is 5.56. The van der Waals surface area contributed by atoms with Crippen molar-refractivity contribution in [2.24, 2.45) is 5.92 Å². The molecule has 0 radical (unpaired) electrons. The van der Waals surface area contributed by atoms with Crippen molar-refractivity contribution < 1.29 is 23.5 Å². The van der Waals surface area contributed by atoms with Gasteiger partial charge >= 0.3 is 5.97 Å². The first-order valence-corrected chi connectivity index (χ1v) is 11.9. The normalized spacial score (nSPS) is 14.1. The van der Waals surface area contributed by atoms with E-state index in [1.54, 1.807) is 22.5 Å². The third-order valence-corrected chi connectivity index (χ3v) is 7.50. The van der Waals surface area contributed by atoms with Crippen molar-refractivity contribution in [2.75, 3.05) is 33.7 Å². The molecular weight excluding hydrogens is 484 g/mol. The highest BCUT2D eigenvalue weighted by Gasteiger charge is 2.32. The Bertz CT molecular complexity index is 1290. The Balaban J connectivity index is 1.70. The second-order valence-corrected chi connectivity index (χ2v) is 10.2. The van der Waals surface area contributed by atoms with Crippen molar-refractivity contribution in [2.45, 2.75) is 23.3 Å². The first kappa shape index (κ1) is 24.5. The number of halogens is 3. The zero-order valence-electron chi connectivity index (χ0n) is 18.9. The fourth-order valence-electron chi connectivity index (χ4n) is 4.30. The summed E-state index contributed by atoms with van der Waals surface area (Å²) in [7, 11) is 3.97. The number of carbonyl (C=O) groups excluding carboxylic acids is 1. The lowest BCUT2D eigenvalue weighted by atomic mass is 10.00. The lowest BCUT2D eigenvalue weighted by Gasteiger charge is -2.40. The molecule has 0 bridgehead atoms. The van der Waals surface area contributed by atoms with Gasteiger partial charge in [-0.3, -0.25) is 4.79 Å². The number of amides is 1. The van der Waals surface area contributed by atoms with Crippen LogP contribution in [0.2, 0.25) is 5.02 Å². The predicted molar refractivity (Wildman–Crippen MR) is 128 cm³/mol. The van der Waals surface area contributed by atoms with E-state index >= 15 is 4.39 Å². The topological polar surface area (TPSA) is 65.8 Å². The number of carboxylic acids is 1. The number of fused-ring (bicyclic) bond motifs is 1. The summed E-state index contributed by atoms with van der Waals surface area (Å²) in [6.07, 6.45) is 0. The SMILES string of the molecule is Cc1c(Sc2cccc(C(=O)O)c2F)c2ccc(Cl)c(F)c2n1CC(=O)N1CC(CN(C)C)C1. The Labute approximate surface area is 205 Å². The lowest BCUT2D eigenvalue weighted by molar-refractivity contribution is -0.138. The molecule has 0 spiro atoms. The molecule has 6 nitrogen and oxygen atoms in total. The maximum atomic E-state index is 15.1. The van der Waals surface area contributed by atoms with E-state index in [4.69, 9.17) is 11.6 Å². The molecule has 10 heteroatoms. The van der Waals surface area contributed by atoms with Gasteiger partial charge in [0.2, 0.25) is 5.91 Å². The number of benzene rings is 2. The summed E-state index contributed by atoms with van der Waals surface area (Å²) < 4.78 is 31.5. The number of hydrogen-bond donors (Lipinski definition) is 1. The van der Waals surface area contributed by atoms with Gasteiger partial charge in [-0.2, -0.15) is 0 Å². The van der Waals surface area contributed by atoms with Gasteiger partial charge in [0.25, 0.3) is 0 Å². The Morgan fingerprint density at radius 3 is 2.53 bits per heavy atom. The van der Waals surface area contributed by atoms with E-state index in [0.29, 0.717) is 35.0 Å². The summed E-state index contributed by atoms with van der Waals surface area (Å²) in [6, 6.07) is 7.16. The molecule has 0 unspecified atom stereocenters. The van der Waals surface area contributed by atoms with Crippen molar-refractivity contribution >= 4 is 46.1 Å². The largest absolute Gasteiger partial charge is 0.478 e. The van der Waals surface area contributed by atoms with Gasteiger partial charge in [0, 0.05) is 46.4 Å². The third-order valence-electron chi connectivity index (χ3n) is 5.95. The molecule has 0 atom stereocenters. The molecular formula is C24H24ClF2N3O3S. The van der Waals surface area contributed by atoms with Crippen LogP contribution in [0.1, 0.15) is 16.1 Å². The highest BCUT2D eigenvalue weighted by Crippen LogP contribution is 2.41. The monoisotopic (exact) mass is 507 g/mol. The van der Waals surface area contributed by atoms with Gasteiger partial charge in [-0.25, -0.2) is 13.6 Å². The van der Waals surface area contributed by atoms with Crippen LogP contribution in [0.3, 0.4) is 0 Å². The number of carboxylic acid groups (broad SMARTS) is 1. The number of likely N-dealkylation sites (tertiary alicyclic amines) is 1. The van der Waals surface area contributed by atoms with Crippen molar-refractivity contribution in [1.82, 2.24) is 14.4 Å². The molecule has 4 rings (SSSR count). The maximum absolute atomic E-state index is 15.1. The van der Waals surface area contributed by atoms with E-state index < -0.39 is 23.2 Å². The van der Waals surface area contributed by atoms with Crippen molar-refractivity contribution in [1.29, 1.82) is 0 Å². The van der Waals surface area contributed by atoms with Crippen LogP contribution < -0.4 is 0 Å². The van der Waals surface area contributed by atoms with E-state index in [9.17, 15) is 19.1 Å². The van der Waals surface area contributed by atoms with Crippen LogP contribution in [-0.4, -0.2) is 65.1 Å². The summed E-state index contributed by atoms with van der Waals surface area (Å²) in [5.41, 5.74) is 0.293.